The Hall–Kier alpha value is 0.340. The van der Waals surface area contributed by atoms with Gasteiger partial charge in [-0.25, -0.2) is 0 Å². The second-order valence-electron chi connectivity index (χ2n) is 3.79. The van der Waals surface area contributed by atoms with E-state index in [-0.39, 0.29) is 12.0 Å². The lowest BCUT2D eigenvalue weighted by Gasteiger charge is -2.24. The van der Waals surface area contributed by atoms with E-state index in [1.54, 1.807) is 12.1 Å². The highest BCUT2D eigenvalue weighted by molar-refractivity contribution is 6.49. The van der Waals surface area contributed by atoms with Crippen LogP contribution < -0.4 is 0 Å². The van der Waals surface area contributed by atoms with Crippen molar-refractivity contribution in [1.82, 2.24) is 0 Å². The quantitative estimate of drug-likeness (QED) is 0.734. The van der Waals surface area contributed by atoms with Gasteiger partial charge in [-0.3, -0.25) is 0 Å². The first-order valence-corrected chi connectivity index (χ1v) is 6.53. The molecule has 0 bridgehead atoms. The summed E-state index contributed by atoms with van der Waals surface area (Å²) >= 11 is 24.2. The summed E-state index contributed by atoms with van der Waals surface area (Å²) in [7, 11) is 0. The lowest BCUT2D eigenvalue weighted by atomic mass is 10.0. The van der Waals surface area contributed by atoms with Crippen LogP contribution in [0.25, 0.3) is 0 Å². The van der Waals surface area contributed by atoms with Gasteiger partial charge in [-0.15, -0.1) is 11.6 Å². The molecule has 0 radical (unpaired) electrons. The molecule has 1 heterocycles. The molecule has 1 saturated heterocycles. The molecule has 1 aromatic carbocycles. The van der Waals surface area contributed by atoms with Gasteiger partial charge < -0.3 is 4.74 Å². The summed E-state index contributed by atoms with van der Waals surface area (Å²) in [5.74, 6) is 0.329. The topological polar surface area (TPSA) is 9.23 Å². The van der Waals surface area contributed by atoms with Crippen LogP contribution in [0.1, 0.15) is 11.7 Å². The summed E-state index contributed by atoms with van der Waals surface area (Å²) in [5, 5.41) is 0.672. The first kappa shape index (κ1) is 12.8. The molecule has 2 rings (SSSR count). The average molecular weight is 300 g/mol. The maximum atomic E-state index is 6.30. The molecular weight excluding hydrogens is 290 g/mol. The maximum Gasteiger partial charge on any atom is 0.154 e. The highest BCUT2D eigenvalue weighted by atomic mass is 35.5. The molecule has 0 amide bonds. The van der Waals surface area contributed by atoms with Gasteiger partial charge >= 0.3 is 0 Å². The van der Waals surface area contributed by atoms with E-state index in [9.17, 15) is 0 Å². The van der Waals surface area contributed by atoms with E-state index in [1.165, 1.54) is 0 Å². The van der Waals surface area contributed by atoms with Gasteiger partial charge in [0.2, 0.25) is 0 Å². The third-order valence-electron chi connectivity index (χ3n) is 2.72. The predicted octanol–water partition coefficient (Wildman–Crippen LogP) is 4.44. The fourth-order valence-corrected chi connectivity index (χ4v) is 3.03. The summed E-state index contributed by atoms with van der Waals surface area (Å²) in [6.45, 7) is 0.476. The Morgan fingerprint density at radius 3 is 2.38 bits per heavy atom. The maximum absolute atomic E-state index is 6.30. The minimum atomic E-state index is -0.977. The van der Waals surface area contributed by atoms with Gasteiger partial charge in [-0.1, -0.05) is 46.9 Å². The van der Waals surface area contributed by atoms with Crippen molar-refractivity contribution >= 4 is 46.4 Å². The Balaban J connectivity index is 2.26. The Kier molecular flexibility index (Phi) is 3.93. The minimum Gasteiger partial charge on any atom is -0.370 e. The Morgan fingerprint density at radius 2 is 1.88 bits per heavy atom. The van der Waals surface area contributed by atoms with Crippen molar-refractivity contribution in [2.24, 2.45) is 5.92 Å². The predicted molar refractivity (Wildman–Crippen MR) is 68.8 cm³/mol. The first-order chi connectivity index (χ1) is 7.55. The molecule has 0 aromatic heterocycles. The first-order valence-electron chi connectivity index (χ1n) is 4.86. The number of halogens is 4. The van der Waals surface area contributed by atoms with Gasteiger partial charge in [-0.2, -0.15) is 0 Å². The number of benzene rings is 1. The van der Waals surface area contributed by atoms with Crippen molar-refractivity contribution in [3.05, 3.63) is 34.9 Å². The molecule has 0 aliphatic carbocycles. The number of ether oxygens (including phenoxy) is 1. The molecule has 1 unspecified atom stereocenters. The van der Waals surface area contributed by atoms with Crippen LogP contribution >= 0.6 is 46.4 Å². The molecule has 1 aromatic rings. The largest absolute Gasteiger partial charge is 0.370 e. The zero-order valence-corrected chi connectivity index (χ0v) is 11.3. The van der Waals surface area contributed by atoms with E-state index in [4.69, 9.17) is 51.1 Å². The second kappa shape index (κ2) is 4.91. The molecular formula is C11H10Cl4O. The van der Waals surface area contributed by atoms with Crippen LogP contribution in [-0.2, 0) is 4.74 Å². The lowest BCUT2D eigenvalue weighted by molar-refractivity contribution is 0.106. The van der Waals surface area contributed by atoms with Gasteiger partial charge in [0.1, 0.15) is 6.10 Å². The van der Waals surface area contributed by atoms with Gasteiger partial charge in [0.25, 0.3) is 0 Å². The molecule has 88 valence electrons. The molecule has 1 aliphatic rings. The molecule has 1 nitrogen and oxygen atoms in total. The Morgan fingerprint density at radius 1 is 1.25 bits per heavy atom. The summed E-state index contributed by atoms with van der Waals surface area (Å²) in [6.07, 6.45) is -0.350. The molecule has 2 atom stereocenters. The van der Waals surface area contributed by atoms with Gasteiger partial charge in [0.05, 0.1) is 6.61 Å². The van der Waals surface area contributed by atoms with E-state index in [0.29, 0.717) is 17.5 Å². The third kappa shape index (κ3) is 2.30. The molecule has 16 heavy (non-hydrogen) atoms. The van der Waals surface area contributed by atoms with Gasteiger partial charge in [-0.05, 0) is 17.7 Å². The number of alkyl halides is 3. The summed E-state index contributed by atoms with van der Waals surface area (Å²) in [6, 6.07) is 7.31. The van der Waals surface area contributed by atoms with E-state index in [2.05, 4.69) is 0 Å². The zero-order chi connectivity index (χ0) is 11.8. The van der Waals surface area contributed by atoms with Crippen molar-refractivity contribution in [2.45, 2.75) is 10.4 Å². The van der Waals surface area contributed by atoms with Crippen molar-refractivity contribution in [1.29, 1.82) is 0 Å². The molecule has 1 aliphatic heterocycles. The van der Waals surface area contributed by atoms with Crippen LogP contribution in [-0.4, -0.2) is 16.8 Å². The Bertz CT molecular complexity index is 363. The van der Waals surface area contributed by atoms with Crippen molar-refractivity contribution in [2.75, 3.05) is 12.5 Å². The number of hydrogen-bond donors (Lipinski definition) is 0. The zero-order valence-electron chi connectivity index (χ0n) is 8.30. The monoisotopic (exact) mass is 298 g/mol. The fraction of sp³-hybridized carbons (Fsp3) is 0.455. The summed E-state index contributed by atoms with van der Waals surface area (Å²) in [5.41, 5.74) is 0.919. The highest BCUT2D eigenvalue weighted by Gasteiger charge is 2.49. The van der Waals surface area contributed by atoms with E-state index in [0.717, 1.165) is 5.56 Å². The normalized spacial score (nSPS) is 28.2. The smallest absolute Gasteiger partial charge is 0.154 e. The minimum absolute atomic E-state index is 0.0572. The average Bonchev–Trinajstić information content (AvgIpc) is 2.54. The van der Waals surface area contributed by atoms with Crippen LogP contribution in [0.2, 0.25) is 5.02 Å². The SMILES string of the molecule is ClC[C@@H]1COC(c2ccc(Cl)cc2)C1(Cl)Cl. The van der Waals surface area contributed by atoms with Crippen molar-refractivity contribution in [3.63, 3.8) is 0 Å². The number of hydrogen-bond acceptors (Lipinski definition) is 1. The highest BCUT2D eigenvalue weighted by Crippen LogP contribution is 2.50. The van der Waals surface area contributed by atoms with E-state index in [1.807, 2.05) is 12.1 Å². The Labute approximate surface area is 115 Å². The van der Waals surface area contributed by atoms with Crippen LogP contribution in [0.4, 0.5) is 0 Å². The van der Waals surface area contributed by atoms with Crippen LogP contribution in [0.3, 0.4) is 0 Å². The van der Waals surface area contributed by atoms with E-state index < -0.39 is 4.33 Å². The molecule has 0 saturated carbocycles. The molecule has 5 heteroatoms. The second-order valence-corrected chi connectivity index (χ2v) is 5.98. The van der Waals surface area contributed by atoms with Crippen LogP contribution in [0, 0.1) is 5.92 Å². The van der Waals surface area contributed by atoms with Crippen LogP contribution in [0.5, 0.6) is 0 Å². The molecule has 1 fully saturated rings. The van der Waals surface area contributed by atoms with Crippen molar-refractivity contribution < 1.29 is 4.74 Å². The van der Waals surface area contributed by atoms with Gasteiger partial charge in [0.15, 0.2) is 4.33 Å². The summed E-state index contributed by atoms with van der Waals surface area (Å²) in [4.78, 5) is 0. The van der Waals surface area contributed by atoms with Crippen LogP contribution in [0.15, 0.2) is 24.3 Å². The van der Waals surface area contributed by atoms with Gasteiger partial charge in [0, 0.05) is 16.8 Å². The lowest BCUT2D eigenvalue weighted by Crippen LogP contribution is -2.27. The molecule has 0 spiro atoms. The third-order valence-corrected chi connectivity index (χ3v) is 4.36. The van der Waals surface area contributed by atoms with E-state index >= 15 is 0 Å². The van der Waals surface area contributed by atoms with Crippen molar-refractivity contribution in [3.8, 4) is 0 Å². The number of rotatable bonds is 2. The fourth-order valence-electron chi connectivity index (χ4n) is 1.75. The standard InChI is InChI=1S/C11H10Cl4O/c12-5-8-6-16-10(11(8,14)15)7-1-3-9(13)4-2-7/h1-4,8,10H,5-6H2/t8-,10?/m1/s1. The molecule has 0 N–H and O–H groups in total. The summed E-state index contributed by atoms with van der Waals surface area (Å²) < 4.78 is 4.63.